The van der Waals surface area contributed by atoms with Gasteiger partial charge in [-0.3, -0.25) is 4.79 Å². The maximum Gasteiger partial charge on any atom is 0.251 e. The third-order valence-corrected chi connectivity index (χ3v) is 7.90. The molecule has 0 heterocycles. The Balaban J connectivity index is 1.34. The highest BCUT2D eigenvalue weighted by atomic mass is 28.3. The van der Waals surface area contributed by atoms with Crippen molar-refractivity contribution in [3.63, 3.8) is 0 Å². The van der Waals surface area contributed by atoms with Gasteiger partial charge in [0.1, 0.15) is 5.75 Å². The highest BCUT2D eigenvalue weighted by Gasteiger charge is 2.34. The molecule has 186 valence electrons. The van der Waals surface area contributed by atoms with Crippen molar-refractivity contribution in [2.75, 3.05) is 19.9 Å². The summed E-state index contributed by atoms with van der Waals surface area (Å²) >= 11 is 0. The van der Waals surface area contributed by atoms with Gasteiger partial charge in [-0.05, 0) is 61.6 Å². The molecule has 1 fully saturated rings. The van der Waals surface area contributed by atoms with Gasteiger partial charge in [-0.2, -0.15) is 0 Å². The fourth-order valence-corrected chi connectivity index (χ4v) is 4.61. The minimum absolute atomic E-state index is 0.142. The quantitative estimate of drug-likeness (QED) is 0.251. The number of hydrogen-bond acceptors (Lipinski definition) is 5. The van der Waals surface area contributed by atoms with E-state index in [1.165, 1.54) is 0 Å². The molecule has 7 heteroatoms. The summed E-state index contributed by atoms with van der Waals surface area (Å²) in [6.45, 7) is 8.67. The summed E-state index contributed by atoms with van der Waals surface area (Å²) < 4.78 is 17.2. The Bertz CT molecular complexity index is 874. The van der Waals surface area contributed by atoms with Crippen LogP contribution < -0.4 is 10.1 Å². The number of hydrogen-bond donors (Lipinski definition) is 2. The first-order chi connectivity index (χ1) is 16.2. The molecule has 0 aliphatic heterocycles. The predicted molar refractivity (Wildman–Crippen MR) is 137 cm³/mol. The Labute approximate surface area is 204 Å². The third-order valence-electron chi connectivity index (χ3n) is 6.19. The molecule has 0 atom stereocenters. The lowest BCUT2D eigenvalue weighted by molar-refractivity contribution is -0.0582. The molecule has 0 aromatic heterocycles. The van der Waals surface area contributed by atoms with Gasteiger partial charge >= 0.3 is 0 Å². The van der Waals surface area contributed by atoms with Gasteiger partial charge in [-0.15, -0.1) is 0 Å². The summed E-state index contributed by atoms with van der Waals surface area (Å²) in [5, 5.41) is 13.8. The molecule has 0 unspecified atom stereocenters. The molecule has 2 aromatic carbocycles. The number of carbonyl (C=O) groups excluding carboxylic acids is 1. The van der Waals surface area contributed by atoms with Gasteiger partial charge in [0.05, 0.1) is 18.3 Å². The van der Waals surface area contributed by atoms with E-state index in [0.717, 1.165) is 24.4 Å². The fourth-order valence-electron chi connectivity index (χ4n) is 3.86. The van der Waals surface area contributed by atoms with E-state index in [2.05, 4.69) is 37.1 Å². The second-order valence-corrected chi connectivity index (χ2v) is 16.0. The maximum absolute atomic E-state index is 12.5. The van der Waals surface area contributed by atoms with Crippen molar-refractivity contribution in [2.45, 2.75) is 69.7 Å². The van der Waals surface area contributed by atoms with Crippen LogP contribution in [0.5, 0.6) is 5.75 Å². The number of amides is 1. The molecular formula is C27H39NO5Si. The molecule has 0 radical (unpaired) electrons. The molecule has 2 N–H and O–H groups in total. The molecule has 0 spiro atoms. The molecule has 1 saturated carbocycles. The first-order valence-electron chi connectivity index (χ1n) is 12.2. The van der Waals surface area contributed by atoms with Gasteiger partial charge < -0.3 is 24.6 Å². The van der Waals surface area contributed by atoms with Crippen molar-refractivity contribution < 1.29 is 24.1 Å². The number of aliphatic hydroxyl groups is 1. The van der Waals surface area contributed by atoms with Gasteiger partial charge in [-0.1, -0.05) is 50.0 Å². The molecule has 1 aliphatic rings. The zero-order chi connectivity index (χ0) is 24.4. The van der Waals surface area contributed by atoms with Crippen LogP contribution in [-0.4, -0.2) is 50.7 Å². The zero-order valence-corrected chi connectivity index (χ0v) is 21.7. The summed E-state index contributed by atoms with van der Waals surface area (Å²) in [7, 11) is -1.10. The number of carbonyl (C=O) groups is 1. The van der Waals surface area contributed by atoms with E-state index >= 15 is 0 Å². The monoisotopic (exact) mass is 485 g/mol. The van der Waals surface area contributed by atoms with Crippen molar-refractivity contribution in [3.05, 3.63) is 65.7 Å². The van der Waals surface area contributed by atoms with E-state index in [-0.39, 0.29) is 25.3 Å². The Hall–Kier alpha value is -2.19. The van der Waals surface area contributed by atoms with Gasteiger partial charge in [0, 0.05) is 26.8 Å². The Morgan fingerprint density at radius 1 is 1.06 bits per heavy atom. The zero-order valence-electron chi connectivity index (χ0n) is 20.7. The van der Waals surface area contributed by atoms with Gasteiger partial charge in [0.2, 0.25) is 0 Å². The number of rotatable bonds is 12. The van der Waals surface area contributed by atoms with Crippen LogP contribution >= 0.6 is 0 Å². The number of nitrogens with one attached hydrogen (secondary N) is 1. The predicted octanol–water partition coefficient (Wildman–Crippen LogP) is 5.00. The topological polar surface area (TPSA) is 77.0 Å². The van der Waals surface area contributed by atoms with Crippen molar-refractivity contribution in [1.29, 1.82) is 0 Å². The van der Waals surface area contributed by atoms with E-state index in [9.17, 15) is 9.90 Å². The number of ether oxygens (including phenoxy) is 3. The summed E-state index contributed by atoms with van der Waals surface area (Å²) in [4.78, 5) is 12.5. The van der Waals surface area contributed by atoms with Crippen molar-refractivity contribution in [3.8, 4) is 5.75 Å². The van der Waals surface area contributed by atoms with Crippen LogP contribution in [0.2, 0.25) is 25.7 Å². The molecular weight excluding hydrogens is 446 g/mol. The van der Waals surface area contributed by atoms with E-state index in [1.54, 1.807) is 24.3 Å². The van der Waals surface area contributed by atoms with Gasteiger partial charge in [-0.25, -0.2) is 0 Å². The highest BCUT2D eigenvalue weighted by Crippen LogP contribution is 2.30. The largest absolute Gasteiger partial charge is 0.468 e. The molecule has 1 amide bonds. The van der Waals surface area contributed by atoms with E-state index in [1.807, 2.05) is 18.2 Å². The van der Waals surface area contributed by atoms with E-state index in [4.69, 9.17) is 14.2 Å². The fraction of sp³-hybridized carbons (Fsp3) is 0.519. The minimum atomic E-state index is -1.10. The molecule has 34 heavy (non-hydrogen) atoms. The van der Waals surface area contributed by atoms with Crippen molar-refractivity contribution in [1.82, 2.24) is 5.32 Å². The van der Waals surface area contributed by atoms with Crippen LogP contribution in [0.3, 0.4) is 0 Å². The van der Waals surface area contributed by atoms with Crippen LogP contribution in [0.1, 0.15) is 41.6 Å². The standard InChI is InChI=1S/C27H39NO5Si/c1-34(2,3)18-17-31-21-33-24-11-9-23(10-12-24)26(29)28-20-27(30)15-13-25(14-16-27)32-19-22-7-5-4-6-8-22/h4-12,25,30H,13-21H2,1-3H3,(H,28,29). The van der Waals surface area contributed by atoms with Crippen LogP contribution in [-0.2, 0) is 16.1 Å². The van der Waals surface area contributed by atoms with Crippen LogP contribution in [0, 0.1) is 0 Å². The van der Waals surface area contributed by atoms with Crippen molar-refractivity contribution in [2.24, 2.45) is 0 Å². The minimum Gasteiger partial charge on any atom is -0.468 e. The van der Waals surface area contributed by atoms with Gasteiger partial charge in [0.25, 0.3) is 5.91 Å². The van der Waals surface area contributed by atoms with E-state index in [0.29, 0.717) is 37.4 Å². The molecule has 3 rings (SSSR count). The maximum atomic E-state index is 12.5. The lowest BCUT2D eigenvalue weighted by atomic mass is 9.83. The molecule has 1 aliphatic carbocycles. The average Bonchev–Trinajstić information content (AvgIpc) is 2.82. The first-order valence-corrected chi connectivity index (χ1v) is 15.9. The number of benzene rings is 2. The molecule has 6 nitrogen and oxygen atoms in total. The summed E-state index contributed by atoms with van der Waals surface area (Å²) in [5.41, 5.74) is 0.801. The Kier molecular flexibility index (Phi) is 9.70. The average molecular weight is 486 g/mol. The summed E-state index contributed by atoms with van der Waals surface area (Å²) in [6, 6.07) is 18.2. The lowest BCUT2D eigenvalue weighted by Gasteiger charge is -2.36. The summed E-state index contributed by atoms with van der Waals surface area (Å²) in [5.74, 6) is 0.464. The Morgan fingerprint density at radius 3 is 2.38 bits per heavy atom. The third kappa shape index (κ3) is 9.22. The summed E-state index contributed by atoms with van der Waals surface area (Å²) in [6.07, 6.45) is 2.92. The molecule has 2 aromatic rings. The van der Waals surface area contributed by atoms with Crippen molar-refractivity contribution >= 4 is 14.0 Å². The van der Waals surface area contributed by atoms with Crippen LogP contribution in [0.4, 0.5) is 0 Å². The lowest BCUT2D eigenvalue weighted by Crippen LogP contribution is -2.46. The SMILES string of the molecule is C[Si](C)(C)CCOCOc1ccc(C(=O)NCC2(O)CCC(OCc3ccccc3)CC2)cc1. The Morgan fingerprint density at radius 2 is 1.74 bits per heavy atom. The van der Waals surface area contributed by atoms with Crippen LogP contribution in [0.25, 0.3) is 0 Å². The first kappa shape index (κ1) is 26.4. The molecule has 0 saturated heterocycles. The van der Waals surface area contributed by atoms with E-state index < -0.39 is 13.7 Å². The highest BCUT2D eigenvalue weighted by molar-refractivity contribution is 6.76. The van der Waals surface area contributed by atoms with Gasteiger partial charge in [0.15, 0.2) is 6.79 Å². The molecule has 0 bridgehead atoms. The smallest absolute Gasteiger partial charge is 0.251 e. The second kappa shape index (κ2) is 12.5. The van der Waals surface area contributed by atoms with Crippen LogP contribution in [0.15, 0.2) is 54.6 Å². The second-order valence-electron chi connectivity index (χ2n) is 10.4. The normalized spacial score (nSPS) is 20.6.